The van der Waals surface area contributed by atoms with E-state index in [0.29, 0.717) is 17.7 Å². The van der Waals surface area contributed by atoms with Crippen molar-refractivity contribution in [3.05, 3.63) is 29.8 Å². The number of benzene rings is 1. The predicted octanol–water partition coefficient (Wildman–Crippen LogP) is 3.08. The topological polar surface area (TPSA) is 32.3 Å². The molecule has 1 amide bonds. The summed E-state index contributed by atoms with van der Waals surface area (Å²) in [6.45, 7) is 6.31. The van der Waals surface area contributed by atoms with Crippen molar-refractivity contribution in [1.29, 1.82) is 0 Å². The molecule has 2 aliphatic rings. The fourth-order valence-electron chi connectivity index (χ4n) is 3.50. The first-order valence-corrected chi connectivity index (χ1v) is 9.33. The zero-order valence-corrected chi connectivity index (χ0v) is 14.3. The van der Waals surface area contributed by atoms with Crippen molar-refractivity contribution in [2.75, 3.05) is 31.9 Å². The Hall–Kier alpha value is -1.00. The molecular weight excluding hydrogens is 292 g/mol. The van der Waals surface area contributed by atoms with E-state index >= 15 is 0 Å². The van der Waals surface area contributed by atoms with Crippen molar-refractivity contribution in [3.63, 3.8) is 0 Å². The van der Waals surface area contributed by atoms with Crippen molar-refractivity contribution in [1.82, 2.24) is 10.2 Å². The quantitative estimate of drug-likeness (QED) is 0.866. The van der Waals surface area contributed by atoms with Crippen molar-refractivity contribution >= 4 is 17.7 Å². The molecule has 2 saturated heterocycles. The van der Waals surface area contributed by atoms with E-state index in [1.807, 2.05) is 0 Å². The minimum atomic E-state index is 0.334. The number of carbonyl (C=O) groups is 1. The van der Waals surface area contributed by atoms with Crippen LogP contribution in [-0.4, -0.2) is 42.7 Å². The smallest absolute Gasteiger partial charge is 0.223 e. The van der Waals surface area contributed by atoms with Crippen LogP contribution in [0.25, 0.3) is 0 Å². The molecule has 0 saturated carbocycles. The average Bonchev–Trinajstić information content (AvgIpc) is 2.98. The molecule has 120 valence electrons. The lowest BCUT2D eigenvalue weighted by Crippen LogP contribution is -2.44. The summed E-state index contributed by atoms with van der Waals surface area (Å²) in [5.74, 6) is 1.21. The Kier molecular flexibility index (Phi) is 5.09. The summed E-state index contributed by atoms with van der Waals surface area (Å²) >= 11 is 1.78. The van der Waals surface area contributed by atoms with Gasteiger partial charge < -0.3 is 10.2 Å². The summed E-state index contributed by atoms with van der Waals surface area (Å²) in [5, 5.41) is 3.48. The second kappa shape index (κ2) is 7.05. The van der Waals surface area contributed by atoms with Crippen molar-refractivity contribution < 1.29 is 4.79 Å². The molecule has 0 bridgehead atoms. The first-order chi connectivity index (χ1) is 10.7. The molecule has 0 aromatic heterocycles. The molecular formula is C18H26N2OS. The van der Waals surface area contributed by atoms with Crippen LogP contribution in [0.3, 0.4) is 0 Å². The molecule has 1 aromatic carbocycles. The predicted molar refractivity (Wildman–Crippen MR) is 92.3 cm³/mol. The van der Waals surface area contributed by atoms with Gasteiger partial charge in [-0.3, -0.25) is 4.79 Å². The van der Waals surface area contributed by atoms with E-state index in [4.69, 9.17) is 0 Å². The molecule has 1 spiro atoms. The highest BCUT2D eigenvalue weighted by Gasteiger charge is 2.37. The Morgan fingerprint density at radius 3 is 2.59 bits per heavy atom. The molecule has 1 N–H and O–H groups in total. The fraction of sp³-hybridized carbons (Fsp3) is 0.611. The summed E-state index contributed by atoms with van der Waals surface area (Å²) < 4.78 is 0. The van der Waals surface area contributed by atoms with Crippen LogP contribution in [0, 0.1) is 12.3 Å². The lowest BCUT2D eigenvalue weighted by molar-refractivity contribution is -0.132. The standard InChI is InChI=1S/C18H26N2OS/c1-15-2-4-16(5-3-15)22-13-6-17(21)20-11-8-18(9-12-20)7-10-19-14-18/h2-5,19H,6-14H2,1H3. The van der Waals surface area contributed by atoms with Crippen molar-refractivity contribution in [2.45, 2.75) is 37.5 Å². The van der Waals surface area contributed by atoms with Crippen LogP contribution in [0.4, 0.5) is 0 Å². The van der Waals surface area contributed by atoms with Gasteiger partial charge in [-0.15, -0.1) is 11.8 Å². The van der Waals surface area contributed by atoms with E-state index in [1.165, 1.54) is 29.7 Å². The number of nitrogens with one attached hydrogen (secondary N) is 1. The molecule has 0 unspecified atom stereocenters. The van der Waals surface area contributed by atoms with Crippen LogP contribution in [0.5, 0.6) is 0 Å². The Bertz CT molecular complexity index is 498. The molecule has 22 heavy (non-hydrogen) atoms. The third-order valence-corrected chi connectivity index (χ3v) is 6.13. The van der Waals surface area contributed by atoms with Gasteiger partial charge in [0.05, 0.1) is 0 Å². The third kappa shape index (κ3) is 3.85. The van der Waals surface area contributed by atoms with Gasteiger partial charge in [0.25, 0.3) is 0 Å². The van der Waals surface area contributed by atoms with E-state index in [0.717, 1.165) is 31.9 Å². The second-order valence-electron chi connectivity index (χ2n) is 6.72. The molecule has 1 aromatic rings. The second-order valence-corrected chi connectivity index (χ2v) is 7.89. The number of thioether (sulfide) groups is 1. The first kappa shape index (κ1) is 15.9. The Morgan fingerprint density at radius 1 is 1.23 bits per heavy atom. The summed E-state index contributed by atoms with van der Waals surface area (Å²) in [4.78, 5) is 15.7. The SMILES string of the molecule is Cc1ccc(SCCC(=O)N2CCC3(CCNC3)CC2)cc1. The number of hydrogen-bond donors (Lipinski definition) is 1. The van der Waals surface area contributed by atoms with Crippen LogP contribution in [0.15, 0.2) is 29.2 Å². The highest BCUT2D eigenvalue weighted by Crippen LogP contribution is 2.37. The first-order valence-electron chi connectivity index (χ1n) is 8.35. The van der Waals surface area contributed by atoms with Crippen LogP contribution < -0.4 is 5.32 Å². The molecule has 4 heteroatoms. The number of nitrogens with zero attached hydrogens (tertiary/aromatic N) is 1. The van der Waals surface area contributed by atoms with E-state index in [-0.39, 0.29) is 0 Å². The molecule has 2 heterocycles. The number of amides is 1. The van der Waals surface area contributed by atoms with E-state index in [9.17, 15) is 4.79 Å². The van der Waals surface area contributed by atoms with Gasteiger partial charge in [0.15, 0.2) is 0 Å². The summed E-state index contributed by atoms with van der Waals surface area (Å²) in [5.41, 5.74) is 1.78. The monoisotopic (exact) mass is 318 g/mol. The lowest BCUT2D eigenvalue weighted by Gasteiger charge is -2.39. The Labute approximate surface area is 137 Å². The van der Waals surface area contributed by atoms with Gasteiger partial charge in [-0.1, -0.05) is 17.7 Å². The molecule has 3 rings (SSSR count). The largest absolute Gasteiger partial charge is 0.343 e. The van der Waals surface area contributed by atoms with Crippen molar-refractivity contribution in [2.24, 2.45) is 5.41 Å². The molecule has 2 aliphatic heterocycles. The maximum absolute atomic E-state index is 12.3. The maximum atomic E-state index is 12.3. The van der Waals surface area contributed by atoms with Gasteiger partial charge in [0.1, 0.15) is 0 Å². The van der Waals surface area contributed by atoms with Crippen LogP contribution >= 0.6 is 11.8 Å². The zero-order chi connectivity index (χ0) is 15.4. The number of likely N-dealkylation sites (tertiary alicyclic amines) is 1. The van der Waals surface area contributed by atoms with E-state index in [1.54, 1.807) is 11.8 Å². The van der Waals surface area contributed by atoms with Crippen LogP contribution in [0.1, 0.15) is 31.2 Å². The zero-order valence-electron chi connectivity index (χ0n) is 13.4. The van der Waals surface area contributed by atoms with Gasteiger partial charge in [0.2, 0.25) is 5.91 Å². The van der Waals surface area contributed by atoms with Crippen LogP contribution in [-0.2, 0) is 4.79 Å². The maximum Gasteiger partial charge on any atom is 0.223 e. The Balaban J connectivity index is 1.40. The number of hydrogen-bond acceptors (Lipinski definition) is 3. The average molecular weight is 318 g/mol. The molecule has 0 aliphatic carbocycles. The molecule has 0 atom stereocenters. The van der Waals surface area contributed by atoms with Gasteiger partial charge >= 0.3 is 0 Å². The molecule has 2 fully saturated rings. The highest BCUT2D eigenvalue weighted by atomic mass is 32.2. The lowest BCUT2D eigenvalue weighted by atomic mass is 9.78. The number of aryl methyl sites for hydroxylation is 1. The summed E-state index contributed by atoms with van der Waals surface area (Å²) in [6.07, 6.45) is 4.30. The van der Waals surface area contributed by atoms with Gasteiger partial charge in [-0.2, -0.15) is 0 Å². The summed E-state index contributed by atoms with van der Waals surface area (Å²) in [6, 6.07) is 8.54. The van der Waals surface area contributed by atoms with Gasteiger partial charge in [0, 0.05) is 36.7 Å². The molecule has 0 radical (unpaired) electrons. The minimum absolute atomic E-state index is 0.334. The van der Waals surface area contributed by atoms with E-state index < -0.39 is 0 Å². The minimum Gasteiger partial charge on any atom is -0.343 e. The van der Waals surface area contributed by atoms with E-state index in [2.05, 4.69) is 41.4 Å². The number of piperidine rings is 1. The van der Waals surface area contributed by atoms with Gasteiger partial charge in [-0.25, -0.2) is 0 Å². The number of carbonyl (C=O) groups excluding carboxylic acids is 1. The molecule has 3 nitrogen and oxygen atoms in total. The van der Waals surface area contributed by atoms with Crippen LogP contribution in [0.2, 0.25) is 0 Å². The Morgan fingerprint density at radius 2 is 1.95 bits per heavy atom. The summed E-state index contributed by atoms with van der Waals surface area (Å²) in [7, 11) is 0. The van der Waals surface area contributed by atoms with Crippen molar-refractivity contribution in [3.8, 4) is 0 Å². The van der Waals surface area contributed by atoms with Gasteiger partial charge in [-0.05, 0) is 50.3 Å². The fourth-order valence-corrected chi connectivity index (χ4v) is 4.34. The number of rotatable bonds is 4. The highest BCUT2D eigenvalue weighted by molar-refractivity contribution is 7.99. The third-order valence-electron chi connectivity index (χ3n) is 5.11. The normalized spacial score (nSPS) is 20.5.